The molecular formula is C20H35F2IN4O3. The zero-order valence-electron chi connectivity index (χ0n) is 18.2. The fourth-order valence-corrected chi connectivity index (χ4v) is 2.51. The number of ether oxygens (including phenoxy) is 3. The van der Waals surface area contributed by atoms with Crippen LogP contribution in [0.4, 0.5) is 8.78 Å². The maximum absolute atomic E-state index is 12.8. The van der Waals surface area contributed by atoms with Crippen molar-refractivity contribution in [2.45, 2.75) is 32.9 Å². The molecule has 0 aromatic heterocycles. The molecule has 1 aromatic rings. The van der Waals surface area contributed by atoms with E-state index in [0.29, 0.717) is 37.0 Å². The molecule has 2 N–H and O–H groups in total. The first-order chi connectivity index (χ1) is 14.0. The number of rotatable bonds is 14. The van der Waals surface area contributed by atoms with Gasteiger partial charge in [-0.25, -0.2) is 0 Å². The van der Waals surface area contributed by atoms with E-state index in [2.05, 4.69) is 25.3 Å². The Hall–Kier alpha value is -1.40. The van der Waals surface area contributed by atoms with Gasteiger partial charge in [0.2, 0.25) is 0 Å². The number of methoxy groups -OCH3 is 1. The number of alkyl halides is 2. The normalized spacial score (nSPS) is 11.4. The van der Waals surface area contributed by atoms with Crippen molar-refractivity contribution < 1.29 is 23.0 Å². The average molecular weight is 544 g/mol. The van der Waals surface area contributed by atoms with Crippen molar-refractivity contribution in [3.63, 3.8) is 0 Å². The lowest BCUT2D eigenvalue weighted by atomic mass is 10.2. The molecule has 0 saturated carbocycles. The third-order valence-corrected chi connectivity index (χ3v) is 4.08. The number of halogens is 3. The van der Waals surface area contributed by atoms with Crippen LogP contribution in [0.5, 0.6) is 11.5 Å². The number of nitrogens with one attached hydrogen (secondary N) is 2. The summed E-state index contributed by atoms with van der Waals surface area (Å²) >= 11 is 0. The molecule has 10 heteroatoms. The molecule has 0 spiro atoms. The molecule has 174 valence electrons. The van der Waals surface area contributed by atoms with Crippen LogP contribution in [0.15, 0.2) is 23.2 Å². The van der Waals surface area contributed by atoms with E-state index in [1.54, 1.807) is 26.3 Å². The van der Waals surface area contributed by atoms with Crippen molar-refractivity contribution in [2.75, 3.05) is 54.1 Å². The minimum absolute atomic E-state index is 0. The van der Waals surface area contributed by atoms with Gasteiger partial charge in [0.05, 0.1) is 13.2 Å². The smallest absolute Gasteiger partial charge is 0.387 e. The first-order valence-electron chi connectivity index (χ1n) is 9.82. The number of aliphatic imine (C=N–C) groups is 1. The summed E-state index contributed by atoms with van der Waals surface area (Å²) in [5, 5.41) is 6.34. The van der Waals surface area contributed by atoms with Crippen LogP contribution < -0.4 is 20.1 Å². The molecule has 30 heavy (non-hydrogen) atoms. The van der Waals surface area contributed by atoms with E-state index >= 15 is 0 Å². The summed E-state index contributed by atoms with van der Waals surface area (Å²) in [6, 6.07) is 4.95. The fraction of sp³-hybridized carbons (Fsp3) is 0.650. The van der Waals surface area contributed by atoms with Crippen molar-refractivity contribution in [3.8, 4) is 11.5 Å². The highest BCUT2D eigenvalue weighted by Gasteiger charge is 2.12. The van der Waals surface area contributed by atoms with Gasteiger partial charge in [-0.05, 0) is 38.6 Å². The molecule has 7 nitrogen and oxygen atoms in total. The number of hydrogen-bond donors (Lipinski definition) is 2. The second-order valence-electron chi connectivity index (χ2n) is 6.50. The monoisotopic (exact) mass is 544 g/mol. The van der Waals surface area contributed by atoms with Crippen LogP contribution in [0.3, 0.4) is 0 Å². The van der Waals surface area contributed by atoms with Gasteiger partial charge in [-0.1, -0.05) is 6.92 Å². The van der Waals surface area contributed by atoms with Gasteiger partial charge in [0.1, 0.15) is 11.5 Å². The van der Waals surface area contributed by atoms with Crippen molar-refractivity contribution in [1.82, 2.24) is 15.5 Å². The van der Waals surface area contributed by atoms with Crippen LogP contribution in [0.2, 0.25) is 0 Å². The Kier molecular flexibility index (Phi) is 16.5. The first-order valence-corrected chi connectivity index (χ1v) is 9.82. The second-order valence-corrected chi connectivity index (χ2v) is 6.50. The highest BCUT2D eigenvalue weighted by atomic mass is 127. The molecule has 0 aliphatic rings. The van der Waals surface area contributed by atoms with Crippen LogP contribution in [-0.2, 0) is 11.3 Å². The van der Waals surface area contributed by atoms with Crippen LogP contribution in [-0.4, -0.2) is 71.5 Å². The minimum atomic E-state index is -2.90. The molecular weight excluding hydrogens is 509 g/mol. The first kappa shape index (κ1) is 28.6. The lowest BCUT2D eigenvalue weighted by Gasteiger charge is -2.17. The highest BCUT2D eigenvalue weighted by molar-refractivity contribution is 14.0. The number of nitrogens with zero attached hydrogens (tertiary/aromatic N) is 2. The number of benzene rings is 1. The van der Waals surface area contributed by atoms with Gasteiger partial charge in [0.15, 0.2) is 5.96 Å². The van der Waals surface area contributed by atoms with E-state index in [1.165, 1.54) is 6.07 Å². The van der Waals surface area contributed by atoms with Crippen LogP contribution >= 0.6 is 24.0 Å². The number of hydrogen-bond acceptors (Lipinski definition) is 5. The van der Waals surface area contributed by atoms with Gasteiger partial charge in [-0.15, -0.1) is 24.0 Å². The molecule has 0 aliphatic heterocycles. The van der Waals surface area contributed by atoms with E-state index in [0.717, 1.165) is 32.5 Å². The Balaban J connectivity index is 0.00000841. The number of likely N-dealkylation sites (N-methyl/N-ethyl adjacent to an activating group) is 1. The summed E-state index contributed by atoms with van der Waals surface area (Å²) in [5.74, 6) is 1.20. The Morgan fingerprint density at radius 2 is 1.97 bits per heavy atom. The van der Waals surface area contributed by atoms with E-state index in [9.17, 15) is 8.78 Å². The molecule has 0 fully saturated rings. The SMILES string of the molecule is CCCOc1ccc(CNC(=NC)NCCCN(C)CCOC)c(OC(F)F)c1.I. The standard InChI is InChI=1S/C20H34F2N4O3.HI/c1-5-12-28-17-8-7-16(18(14-17)29-19(21)22)15-25-20(23-2)24-9-6-10-26(3)11-13-27-4;/h7-8,14,19H,5-6,9-13,15H2,1-4H3,(H2,23,24,25);1H. The van der Waals surface area contributed by atoms with Crippen LogP contribution in [0.25, 0.3) is 0 Å². The Bertz CT molecular complexity index is 609. The summed E-state index contributed by atoms with van der Waals surface area (Å²) in [5.41, 5.74) is 0.594. The zero-order chi connectivity index (χ0) is 21.5. The van der Waals surface area contributed by atoms with Crippen LogP contribution in [0, 0.1) is 0 Å². The molecule has 0 atom stereocenters. The molecule has 0 heterocycles. The molecule has 0 amide bonds. The van der Waals surface area contributed by atoms with Crippen LogP contribution in [0.1, 0.15) is 25.3 Å². The quantitative estimate of drug-likeness (QED) is 0.162. The largest absolute Gasteiger partial charge is 0.493 e. The third-order valence-electron chi connectivity index (χ3n) is 4.08. The topological polar surface area (TPSA) is 67.4 Å². The molecule has 0 saturated heterocycles. The van der Waals surface area contributed by atoms with Gasteiger partial charge >= 0.3 is 6.61 Å². The van der Waals surface area contributed by atoms with Gasteiger partial charge < -0.3 is 29.7 Å². The van der Waals surface area contributed by atoms with Crippen molar-refractivity contribution in [1.29, 1.82) is 0 Å². The summed E-state index contributed by atoms with van der Waals surface area (Å²) < 4.78 is 40.7. The van der Waals surface area contributed by atoms with E-state index in [-0.39, 0.29) is 29.7 Å². The molecule has 1 rings (SSSR count). The van der Waals surface area contributed by atoms with E-state index in [1.807, 2.05) is 14.0 Å². The number of guanidine groups is 1. The van der Waals surface area contributed by atoms with Crippen molar-refractivity contribution in [2.24, 2.45) is 4.99 Å². The maximum atomic E-state index is 12.8. The van der Waals surface area contributed by atoms with Gasteiger partial charge in [-0.3, -0.25) is 4.99 Å². The summed E-state index contributed by atoms with van der Waals surface area (Å²) in [4.78, 5) is 6.36. The highest BCUT2D eigenvalue weighted by Crippen LogP contribution is 2.26. The van der Waals surface area contributed by atoms with E-state index < -0.39 is 6.61 Å². The Morgan fingerprint density at radius 3 is 2.60 bits per heavy atom. The summed E-state index contributed by atoms with van der Waals surface area (Å²) in [7, 11) is 5.40. The second kappa shape index (κ2) is 17.3. The average Bonchev–Trinajstić information content (AvgIpc) is 2.70. The third kappa shape index (κ3) is 12.3. The summed E-state index contributed by atoms with van der Waals surface area (Å²) in [6.07, 6.45) is 1.77. The Morgan fingerprint density at radius 1 is 1.20 bits per heavy atom. The predicted octanol–water partition coefficient (Wildman–Crippen LogP) is 3.33. The molecule has 0 aliphatic carbocycles. The Labute approximate surface area is 195 Å². The van der Waals surface area contributed by atoms with Gasteiger partial charge in [0.25, 0.3) is 0 Å². The lowest BCUT2D eigenvalue weighted by molar-refractivity contribution is -0.0505. The maximum Gasteiger partial charge on any atom is 0.387 e. The fourth-order valence-electron chi connectivity index (χ4n) is 2.51. The molecule has 0 radical (unpaired) electrons. The van der Waals surface area contributed by atoms with Crippen molar-refractivity contribution in [3.05, 3.63) is 23.8 Å². The van der Waals surface area contributed by atoms with Gasteiger partial charge in [-0.2, -0.15) is 8.78 Å². The van der Waals surface area contributed by atoms with Crippen molar-refractivity contribution >= 4 is 29.9 Å². The van der Waals surface area contributed by atoms with E-state index in [4.69, 9.17) is 9.47 Å². The minimum Gasteiger partial charge on any atom is -0.493 e. The molecule has 0 unspecified atom stereocenters. The molecule has 0 bridgehead atoms. The molecule has 1 aromatic carbocycles. The van der Waals surface area contributed by atoms with Gasteiger partial charge in [0, 0.05) is 45.4 Å². The predicted molar refractivity (Wildman–Crippen MR) is 126 cm³/mol. The lowest BCUT2D eigenvalue weighted by Crippen LogP contribution is -2.38. The zero-order valence-corrected chi connectivity index (χ0v) is 20.6. The summed E-state index contributed by atoms with van der Waals surface area (Å²) in [6.45, 7) is 3.15.